The van der Waals surface area contributed by atoms with E-state index >= 15 is 0 Å². The minimum absolute atomic E-state index is 0.139. The summed E-state index contributed by atoms with van der Waals surface area (Å²) in [4.78, 5) is 11.4. The lowest BCUT2D eigenvalue weighted by molar-refractivity contribution is 0.660. The molecular formula is C56H38N2S. The summed E-state index contributed by atoms with van der Waals surface area (Å²) in [5, 5.41) is 2.53. The summed E-state index contributed by atoms with van der Waals surface area (Å²) in [6, 6.07) is 71.0. The zero-order valence-electron chi connectivity index (χ0n) is 32.8. The van der Waals surface area contributed by atoms with E-state index in [0.29, 0.717) is 0 Å². The van der Waals surface area contributed by atoms with Crippen LogP contribution in [0.5, 0.6) is 0 Å². The molecule has 0 aliphatic heterocycles. The predicted octanol–water partition coefficient (Wildman–Crippen LogP) is 14.5. The molecule has 8 aromatic carbocycles. The number of nitrogens with zero attached hydrogens (tertiary/aromatic N) is 2. The first-order valence-corrected chi connectivity index (χ1v) is 21.2. The molecule has 0 atom stereocenters. The third-order valence-electron chi connectivity index (χ3n) is 13.0. The van der Waals surface area contributed by atoms with Gasteiger partial charge in [0.25, 0.3) is 0 Å². The summed E-state index contributed by atoms with van der Waals surface area (Å²) in [5.74, 6) is 0.722. The second-order valence-corrected chi connectivity index (χ2v) is 17.4. The highest BCUT2D eigenvalue weighted by Gasteiger charge is 2.48. The van der Waals surface area contributed by atoms with Crippen LogP contribution in [0.25, 0.3) is 76.3 Å². The van der Waals surface area contributed by atoms with Gasteiger partial charge in [-0.25, -0.2) is 9.97 Å². The topological polar surface area (TPSA) is 25.8 Å². The van der Waals surface area contributed by atoms with E-state index in [0.717, 1.165) is 33.9 Å². The summed E-state index contributed by atoms with van der Waals surface area (Å²) in [6.45, 7) is 4.69. The van der Waals surface area contributed by atoms with Crippen molar-refractivity contribution in [3.8, 4) is 56.2 Å². The summed E-state index contributed by atoms with van der Waals surface area (Å²) in [5.41, 5.74) is 17.0. The molecule has 0 saturated heterocycles. The Labute approximate surface area is 348 Å². The van der Waals surface area contributed by atoms with Gasteiger partial charge < -0.3 is 0 Å². The molecule has 2 aromatic heterocycles. The van der Waals surface area contributed by atoms with Crippen molar-refractivity contribution in [2.24, 2.45) is 0 Å². The van der Waals surface area contributed by atoms with Crippen LogP contribution in [-0.4, -0.2) is 9.97 Å². The summed E-state index contributed by atoms with van der Waals surface area (Å²) in [6.07, 6.45) is 0. The zero-order valence-corrected chi connectivity index (χ0v) is 33.6. The quantitative estimate of drug-likeness (QED) is 0.174. The molecule has 0 spiro atoms. The Morgan fingerprint density at radius 3 is 1.71 bits per heavy atom. The largest absolute Gasteiger partial charge is 0.228 e. The maximum absolute atomic E-state index is 5.71. The molecular weight excluding hydrogens is 733 g/mol. The van der Waals surface area contributed by atoms with Gasteiger partial charge in [-0.05, 0) is 67.8 Å². The van der Waals surface area contributed by atoms with Crippen LogP contribution in [0.2, 0.25) is 0 Å². The molecule has 2 aliphatic carbocycles. The summed E-state index contributed by atoms with van der Waals surface area (Å²) in [7, 11) is 0. The van der Waals surface area contributed by atoms with Crippen molar-refractivity contribution >= 4 is 31.5 Å². The SMILES string of the molecule is CC1(C)c2ccccc2-c2c(-c3cc(-c4cccc5c4sc4ccccc45)nc(-c4cccc5c4C(c4ccccc4)(c4ccccc4)c4ccccc4-5)n3)cccc21. The monoisotopic (exact) mass is 770 g/mol. The minimum atomic E-state index is -0.604. The molecule has 2 heterocycles. The second kappa shape index (κ2) is 12.8. The van der Waals surface area contributed by atoms with Crippen molar-refractivity contribution < 1.29 is 0 Å². The Balaban J connectivity index is 1.20. The van der Waals surface area contributed by atoms with Gasteiger partial charge >= 0.3 is 0 Å². The molecule has 0 saturated carbocycles. The molecule has 278 valence electrons. The number of fused-ring (bicyclic) bond motifs is 9. The molecule has 0 amide bonds. The average Bonchev–Trinajstić information content (AvgIpc) is 3.91. The van der Waals surface area contributed by atoms with Crippen LogP contribution in [0.15, 0.2) is 194 Å². The van der Waals surface area contributed by atoms with Crippen LogP contribution in [0.4, 0.5) is 0 Å². The predicted molar refractivity (Wildman–Crippen MR) is 246 cm³/mol. The molecule has 2 nitrogen and oxygen atoms in total. The maximum Gasteiger partial charge on any atom is 0.160 e. The highest BCUT2D eigenvalue weighted by molar-refractivity contribution is 7.26. The van der Waals surface area contributed by atoms with E-state index in [2.05, 4.69) is 208 Å². The van der Waals surface area contributed by atoms with E-state index < -0.39 is 5.41 Å². The molecule has 2 aliphatic rings. The van der Waals surface area contributed by atoms with Gasteiger partial charge in [0.2, 0.25) is 0 Å². The van der Waals surface area contributed by atoms with Crippen molar-refractivity contribution in [2.45, 2.75) is 24.7 Å². The Morgan fingerprint density at radius 2 is 0.932 bits per heavy atom. The third-order valence-corrected chi connectivity index (χ3v) is 14.2. The Kier molecular flexibility index (Phi) is 7.39. The lowest BCUT2D eigenvalue weighted by Crippen LogP contribution is -2.29. The van der Waals surface area contributed by atoms with Gasteiger partial charge in [-0.3, -0.25) is 0 Å². The van der Waals surface area contributed by atoms with Gasteiger partial charge in [-0.2, -0.15) is 0 Å². The van der Waals surface area contributed by atoms with Crippen LogP contribution in [0.3, 0.4) is 0 Å². The summed E-state index contributed by atoms with van der Waals surface area (Å²) >= 11 is 1.84. The van der Waals surface area contributed by atoms with Gasteiger partial charge in [0.1, 0.15) is 0 Å². The highest BCUT2D eigenvalue weighted by atomic mass is 32.1. The summed E-state index contributed by atoms with van der Waals surface area (Å²) < 4.78 is 2.51. The first-order chi connectivity index (χ1) is 29.0. The molecule has 3 heteroatoms. The normalized spacial score (nSPS) is 14.2. The average molecular weight is 771 g/mol. The van der Waals surface area contributed by atoms with Crippen LogP contribution < -0.4 is 0 Å². The number of thiophene rings is 1. The molecule has 0 unspecified atom stereocenters. The molecule has 0 bridgehead atoms. The molecule has 12 rings (SSSR count). The van der Waals surface area contributed by atoms with Gasteiger partial charge in [0, 0.05) is 42.3 Å². The van der Waals surface area contributed by atoms with Crippen molar-refractivity contribution in [3.05, 3.63) is 228 Å². The minimum Gasteiger partial charge on any atom is -0.228 e. The zero-order chi connectivity index (χ0) is 39.3. The third kappa shape index (κ3) is 4.80. The fraction of sp³-hybridized carbons (Fsp3) is 0.0714. The first-order valence-electron chi connectivity index (χ1n) is 20.4. The van der Waals surface area contributed by atoms with E-state index in [1.807, 2.05) is 11.3 Å². The Bertz CT molecular complexity index is 3260. The molecule has 0 radical (unpaired) electrons. The lowest BCUT2D eigenvalue weighted by Gasteiger charge is -2.35. The van der Waals surface area contributed by atoms with Gasteiger partial charge in [-0.1, -0.05) is 196 Å². The first kappa shape index (κ1) is 34.1. The standard InChI is InChI=1S/C56H38N2S/c1-55(2)45-30-12-10-24-41(45)51-42(27-17-32-47(51)55)48-34-49(43-28-16-26-40-38-23-11-14-33-50(38)59-53(40)43)58-54(57-48)44-29-15-25-39-37-22-9-13-31-46(37)56(52(39)44,35-18-5-3-6-19-35)36-20-7-4-8-21-36/h3-34H,1-2H3. The number of hydrogen-bond acceptors (Lipinski definition) is 3. The molecule has 10 aromatic rings. The van der Waals surface area contributed by atoms with Crippen LogP contribution in [0.1, 0.15) is 47.2 Å². The van der Waals surface area contributed by atoms with Crippen LogP contribution >= 0.6 is 11.3 Å². The molecule has 59 heavy (non-hydrogen) atoms. The lowest BCUT2D eigenvalue weighted by atomic mass is 9.66. The van der Waals surface area contributed by atoms with Gasteiger partial charge in [0.05, 0.1) is 16.8 Å². The van der Waals surface area contributed by atoms with Gasteiger partial charge in [-0.15, -0.1) is 11.3 Å². The number of aromatic nitrogens is 2. The number of rotatable bonds is 5. The fourth-order valence-electron chi connectivity index (χ4n) is 10.4. The van der Waals surface area contributed by atoms with Crippen molar-refractivity contribution in [1.29, 1.82) is 0 Å². The van der Waals surface area contributed by atoms with Crippen LogP contribution in [0, 0.1) is 0 Å². The van der Waals surface area contributed by atoms with E-state index in [-0.39, 0.29) is 5.41 Å². The fourth-order valence-corrected chi connectivity index (χ4v) is 11.7. The number of hydrogen-bond donors (Lipinski definition) is 0. The van der Waals surface area contributed by atoms with E-state index in [4.69, 9.17) is 9.97 Å². The van der Waals surface area contributed by atoms with E-state index in [9.17, 15) is 0 Å². The Hall–Kier alpha value is -6.94. The van der Waals surface area contributed by atoms with Gasteiger partial charge in [0.15, 0.2) is 5.82 Å². The highest BCUT2D eigenvalue weighted by Crippen LogP contribution is 2.59. The molecule has 0 fully saturated rings. The van der Waals surface area contributed by atoms with Crippen molar-refractivity contribution in [2.75, 3.05) is 0 Å². The Morgan fingerprint density at radius 1 is 0.407 bits per heavy atom. The maximum atomic E-state index is 5.71. The smallest absolute Gasteiger partial charge is 0.160 e. The van der Waals surface area contributed by atoms with Crippen LogP contribution in [-0.2, 0) is 10.8 Å². The number of benzene rings is 8. The van der Waals surface area contributed by atoms with Crippen molar-refractivity contribution in [1.82, 2.24) is 9.97 Å². The van der Waals surface area contributed by atoms with Crippen molar-refractivity contribution in [3.63, 3.8) is 0 Å². The molecule has 0 N–H and O–H groups in total. The van der Waals surface area contributed by atoms with E-state index in [1.165, 1.54) is 75.8 Å². The van der Waals surface area contributed by atoms with E-state index in [1.54, 1.807) is 0 Å². The second-order valence-electron chi connectivity index (χ2n) is 16.4.